The molecule has 0 aliphatic heterocycles. The first-order valence-electron chi connectivity index (χ1n) is 8.18. The molecule has 7 nitrogen and oxygen atoms in total. The van der Waals surface area contributed by atoms with Gasteiger partial charge in [-0.25, -0.2) is 22.5 Å². The van der Waals surface area contributed by atoms with Crippen molar-refractivity contribution in [3.05, 3.63) is 29.3 Å². The maximum atomic E-state index is 12.1. The summed E-state index contributed by atoms with van der Waals surface area (Å²) in [5.41, 5.74) is 0.918. The lowest BCUT2D eigenvalue weighted by Crippen LogP contribution is -2.41. The van der Waals surface area contributed by atoms with Gasteiger partial charge in [-0.1, -0.05) is 26.0 Å². The molecule has 9 heteroatoms. The zero-order valence-corrected chi connectivity index (χ0v) is 16.4. The third kappa shape index (κ3) is 5.13. The first kappa shape index (κ1) is 19.6. The predicted molar refractivity (Wildman–Crippen MR) is 101 cm³/mol. The molecule has 0 saturated heterocycles. The number of aromatic nitrogens is 1. The largest absolute Gasteiger partial charge is 0.337 e. The van der Waals surface area contributed by atoms with E-state index in [2.05, 4.69) is 10.3 Å². The Bertz CT molecular complexity index is 783. The molecule has 0 fully saturated rings. The highest BCUT2D eigenvalue weighted by Gasteiger charge is 2.19. The Balaban J connectivity index is 1.86. The Labute approximate surface area is 152 Å². The molecule has 138 valence electrons. The minimum atomic E-state index is -3.33. The van der Waals surface area contributed by atoms with Crippen LogP contribution in [0.2, 0.25) is 0 Å². The first-order valence-corrected chi connectivity index (χ1v) is 10.6. The number of urea groups is 1. The van der Waals surface area contributed by atoms with Crippen molar-refractivity contribution >= 4 is 37.6 Å². The lowest BCUT2D eigenvalue weighted by molar-refractivity contribution is 0.207. The van der Waals surface area contributed by atoms with Crippen LogP contribution in [0.15, 0.2) is 24.3 Å². The van der Waals surface area contributed by atoms with E-state index in [4.69, 9.17) is 0 Å². The highest BCUT2D eigenvalue weighted by molar-refractivity contribution is 7.89. The van der Waals surface area contributed by atoms with Gasteiger partial charge in [-0.3, -0.25) is 0 Å². The number of rotatable bonds is 8. The van der Waals surface area contributed by atoms with Crippen LogP contribution < -0.4 is 5.32 Å². The molecule has 0 unspecified atom stereocenters. The molecule has 0 aliphatic rings. The number of thiazole rings is 1. The van der Waals surface area contributed by atoms with E-state index in [0.717, 1.165) is 15.2 Å². The molecule has 2 aromatic rings. The summed E-state index contributed by atoms with van der Waals surface area (Å²) in [4.78, 5) is 18.1. The van der Waals surface area contributed by atoms with E-state index in [1.807, 2.05) is 24.3 Å². The fraction of sp³-hybridized carbons (Fsp3) is 0.500. The molecule has 25 heavy (non-hydrogen) atoms. The van der Waals surface area contributed by atoms with Crippen LogP contribution in [0, 0.1) is 0 Å². The number of nitrogens with one attached hydrogen (secondary N) is 1. The van der Waals surface area contributed by atoms with Crippen LogP contribution in [0.25, 0.3) is 10.2 Å². The maximum absolute atomic E-state index is 12.1. The summed E-state index contributed by atoms with van der Waals surface area (Å²) in [6, 6.07) is 7.51. The molecule has 1 N–H and O–H groups in total. The van der Waals surface area contributed by atoms with Crippen LogP contribution in [0.3, 0.4) is 0 Å². The van der Waals surface area contributed by atoms with Gasteiger partial charge in [-0.2, -0.15) is 0 Å². The van der Waals surface area contributed by atoms with Crippen molar-refractivity contribution in [1.82, 2.24) is 19.5 Å². The summed E-state index contributed by atoms with van der Waals surface area (Å²) in [6.07, 6.45) is 0. The normalized spacial score (nSPS) is 11.8. The predicted octanol–water partition coefficient (Wildman–Crippen LogP) is 2.11. The monoisotopic (exact) mass is 384 g/mol. The Morgan fingerprint density at radius 1 is 1.24 bits per heavy atom. The number of hydrogen-bond acceptors (Lipinski definition) is 5. The van der Waals surface area contributed by atoms with Crippen molar-refractivity contribution < 1.29 is 13.2 Å². The Morgan fingerprint density at radius 2 is 1.92 bits per heavy atom. The topological polar surface area (TPSA) is 82.6 Å². The van der Waals surface area contributed by atoms with Crippen molar-refractivity contribution in [3.8, 4) is 0 Å². The number of hydrogen-bond donors (Lipinski definition) is 1. The molecule has 1 aromatic carbocycles. The van der Waals surface area contributed by atoms with Gasteiger partial charge in [0.25, 0.3) is 0 Å². The van der Waals surface area contributed by atoms with E-state index in [0.29, 0.717) is 19.6 Å². The summed E-state index contributed by atoms with van der Waals surface area (Å²) >= 11 is 1.55. The molecule has 2 amide bonds. The number of carbonyl (C=O) groups excluding carboxylic acids is 1. The minimum Gasteiger partial charge on any atom is -0.337 e. The van der Waals surface area contributed by atoms with Crippen LogP contribution >= 0.6 is 11.3 Å². The molecule has 1 heterocycles. The van der Waals surface area contributed by atoms with Crippen LogP contribution in [0.4, 0.5) is 4.79 Å². The molecule has 1 aromatic heterocycles. The van der Waals surface area contributed by atoms with Gasteiger partial charge < -0.3 is 10.2 Å². The van der Waals surface area contributed by atoms with Gasteiger partial charge in [0.15, 0.2) is 0 Å². The quantitative estimate of drug-likeness (QED) is 0.756. The van der Waals surface area contributed by atoms with E-state index in [1.165, 1.54) is 9.21 Å². The fourth-order valence-electron chi connectivity index (χ4n) is 2.43. The summed E-state index contributed by atoms with van der Waals surface area (Å²) in [6.45, 7) is 4.93. The number of benzene rings is 1. The highest BCUT2D eigenvalue weighted by Crippen LogP contribution is 2.22. The molecular formula is C16H24N4O3S2. The van der Waals surface area contributed by atoms with E-state index >= 15 is 0 Å². The maximum Gasteiger partial charge on any atom is 0.317 e. The summed E-state index contributed by atoms with van der Waals surface area (Å²) in [7, 11) is -1.66. The zero-order valence-electron chi connectivity index (χ0n) is 14.7. The molecular weight excluding hydrogens is 360 g/mol. The van der Waals surface area contributed by atoms with E-state index in [-0.39, 0.29) is 18.3 Å². The zero-order chi connectivity index (χ0) is 18.4. The van der Waals surface area contributed by atoms with Gasteiger partial charge >= 0.3 is 6.03 Å². The summed E-state index contributed by atoms with van der Waals surface area (Å²) < 4.78 is 26.6. The van der Waals surface area contributed by atoms with Crippen molar-refractivity contribution in [3.63, 3.8) is 0 Å². The molecule has 0 radical (unpaired) electrons. The van der Waals surface area contributed by atoms with Gasteiger partial charge in [0.05, 0.1) is 22.5 Å². The number of sulfonamides is 1. The van der Waals surface area contributed by atoms with Gasteiger partial charge in [-0.15, -0.1) is 11.3 Å². The molecule has 0 aliphatic carbocycles. The van der Waals surface area contributed by atoms with Crippen LogP contribution in [-0.2, 0) is 16.6 Å². The van der Waals surface area contributed by atoms with Crippen molar-refractivity contribution in [2.45, 2.75) is 20.4 Å². The number of fused-ring (bicyclic) bond motifs is 1. The van der Waals surface area contributed by atoms with Crippen LogP contribution in [0.1, 0.15) is 18.9 Å². The molecule has 0 bridgehead atoms. The fourth-order valence-corrected chi connectivity index (χ4v) is 4.86. The number of amides is 2. The molecule has 0 saturated carbocycles. The van der Waals surface area contributed by atoms with E-state index in [9.17, 15) is 13.2 Å². The smallest absolute Gasteiger partial charge is 0.317 e. The number of carbonyl (C=O) groups is 1. The van der Waals surface area contributed by atoms with Crippen molar-refractivity contribution in [2.24, 2.45) is 0 Å². The number of para-hydroxylation sites is 1. The second-order valence-electron chi connectivity index (χ2n) is 5.56. The van der Waals surface area contributed by atoms with Crippen molar-refractivity contribution in [2.75, 3.05) is 32.4 Å². The Kier molecular flexibility index (Phi) is 6.74. The highest BCUT2D eigenvalue weighted by atomic mass is 32.2. The second-order valence-corrected chi connectivity index (χ2v) is 8.77. The van der Waals surface area contributed by atoms with E-state index < -0.39 is 10.0 Å². The van der Waals surface area contributed by atoms with Crippen LogP contribution in [-0.4, -0.2) is 61.1 Å². The molecule has 2 rings (SSSR count). The standard InChI is InChI=1S/C16H24N4O3S2/c1-4-20(5-2)25(22,23)11-10-17-16(21)19(3)12-15-18-13-8-6-7-9-14(13)24-15/h6-9H,4-5,10-12H2,1-3H3,(H,17,21). The molecule has 0 atom stereocenters. The third-order valence-electron chi connectivity index (χ3n) is 3.79. The SMILES string of the molecule is CCN(CC)S(=O)(=O)CCNC(=O)N(C)Cc1nc2ccccc2s1. The van der Waals surface area contributed by atoms with Gasteiger partial charge in [0.2, 0.25) is 10.0 Å². The lowest BCUT2D eigenvalue weighted by Gasteiger charge is -2.20. The average molecular weight is 385 g/mol. The summed E-state index contributed by atoms with van der Waals surface area (Å²) in [5, 5.41) is 3.50. The first-order chi connectivity index (χ1) is 11.9. The third-order valence-corrected chi connectivity index (χ3v) is 6.84. The summed E-state index contributed by atoms with van der Waals surface area (Å²) in [5.74, 6) is -0.102. The Morgan fingerprint density at radius 3 is 2.56 bits per heavy atom. The van der Waals surface area contributed by atoms with Crippen LogP contribution in [0.5, 0.6) is 0 Å². The van der Waals surface area contributed by atoms with Gasteiger partial charge in [0.1, 0.15) is 5.01 Å². The lowest BCUT2D eigenvalue weighted by atomic mass is 10.3. The molecule has 0 spiro atoms. The number of nitrogens with zero attached hydrogens (tertiary/aromatic N) is 3. The van der Waals surface area contributed by atoms with E-state index in [1.54, 1.807) is 32.2 Å². The Hall–Kier alpha value is -1.71. The average Bonchev–Trinajstić information content (AvgIpc) is 2.97. The van der Waals surface area contributed by atoms with Gasteiger partial charge in [-0.05, 0) is 12.1 Å². The van der Waals surface area contributed by atoms with Gasteiger partial charge in [0, 0.05) is 26.7 Å². The minimum absolute atomic E-state index is 0.0852. The second kappa shape index (κ2) is 8.59. The van der Waals surface area contributed by atoms with Crippen molar-refractivity contribution in [1.29, 1.82) is 0 Å².